The minimum atomic E-state index is -0.461. The van der Waals surface area contributed by atoms with E-state index in [1.165, 1.54) is 12.1 Å². The third-order valence-corrected chi connectivity index (χ3v) is 2.79. The van der Waals surface area contributed by atoms with Gasteiger partial charge in [0.2, 0.25) is 0 Å². The van der Waals surface area contributed by atoms with Gasteiger partial charge in [-0.1, -0.05) is 17.7 Å². The van der Waals surface area contributed by atoms with Gasteiger partial charge in [0, 0.05) is 13.2 Å². The van der Waals surface area contributed by atoms with E-state index in [0.717, 1.165) is 5.69 Å². The smallest absolute Gasteiger partial charge is 0.142 e. The van der Waals surface area contributed by atoms with Gasteiger partial charge in [-0.25, -0.2) is 4.39 Å². The maximum atomic E-state index is 13.3. The van der Waals surface area contributed by atoms with Gasteiger partial charge in [-0.15, -0.1) is 0 Å². The zero-order valence-corrected chi connectivity index (χ0v) is 9.45. The molecule has 84 valence electrons. The number of aryl methyl sites for hydroxylation is 1. The van der Waals surface area contributed by atoms with Gasteiger partial charge in [-0.05, 0) is 23.8 Å². The molecule has 3 nitrogen and oxygen atoms in total. The van der Waals surface area contributed by atoms with E-state index in [1.54, 1.807) is 30.1 Å². The zero-order chi connectivity index (χ0) is 11.7. The highest BCUT2D eigenvalue weighted by molar-refractivity contribution is 6.30. The highest BCUT2D eigenvalue weighted by Crippen LogP contribution is 2.23. The Labute approximate surface area is 97.6 Å². The first kappa shape index (κ1) is 11.1. The van der Waals surface area contributed by atoms with Crippen LogP contribution in [0.1, 0.15) is 17.3 Å². The molecule has 0 aliphatic heterocycles. The molecule has 1 unspecified atom stereocenters. The second kappa shape index (κ2) is 4.23. The molecule has 1 atom stereocenters. The molecule has 0 fully saturated rings. The SMILES string of the molecule is Cn1nccc1C(N)c1ccc(Cl)c(F)c1. The summed E-state index contributed by atoms with van der Waals surface area (Å²) in [6, 6.07) is 5.96. The zero-order valence-electron chi connectivity index (χ0n) is 8.69. The maximum absolute atomic E-state index is 13.3. The fourth-order valence-electron chi connectivity index (χ4n) is 1.57. The van der Waals surface area contributed by atoms with Crippen molar-refractivity contribution in [2.75, 3.05) is 0 Å². The molecule has 16 heavy (non-hydrogen) atoms. The number of nitrogens with zero attached hydrogens (tertiary/aromatic N) is 2. The van der Waals surface area contributed by atoms with Crippen LogP contribution in [0.5, 0.6) is 0 Å². The van der Waals surface area contributed by atoms with E-state index in [4.69, 9.17) is 17.3 Å². The van der Waals surface area contributed by atoms with E-state index < -0.39 is 11.9 Å². The molecule has 2 rings (SSSR count). The largest absolute Gasteiger partial charge is 0.319 e. The second-order valence-electron chi connectivity index (χ2n) is 3.53. The van der Waals surface area contributed by atoms with Crippen molar-refractivity contribution in [2.45, 2.75) is 6.04 Å². The molecule has 0 aliphatic carbocycles. The fraction of sp³-hybridized carbons (Fsp3) is 0.182. The summed E-state index contributed by atoms with van der Waals surface area (Å²) in [4.78, 5) is 0. The average Bonchev–Trinajstić information content (AvgIpc) is 2.67. The molecule has 0 aliphatic rings. The first-order valence-electron chi connectivity index (χ1n) is 4.78. The molecule has 0 bridgehead atoms. The van der Waals surface area contributed by atoms with Gasteiger partial charge in [0.05, 0.1) is 16.8 Å². The Morgan fingerprint density at radius 3 is 2.75 bits per heavy atom. The number of rotatable bonds is 2. The molecule has 0 amide bonds. The van der Waals surface area contributed by atoms with Crippen LogP contribution in [0.2, 0.25) is 5.02 Å². The molecule has 0 spiro atoms. The Morgan fingerprint density at radius 2 is 2.19 bits per heavy atom. The topological polar surface area (TPSA) is 43.8 Å². The summed E-state index contributed by atoms with van der Waals surface area (Å²) in [5, 5.41) is 4.12. The highest BCUT2D eigenvalue weighted by atomic mass is 35.5. The summed E-state index contributed by atoms with van der Waals surface area (Å²) in [7, 11) is 1.79. The summed E-state index contributed by atoms with van der Waals surface area (Å²) < 4.78 is 14.9. The van der Waals surface area contributed by atoms with Crippen molar-refractivity contribution >= 4 is 11.6 Å². The van der Waals surface area contributed by atoms with Crippen molar-refractivity contribution < 1.29 is 4.39 Å². The van der Waals surface area contributed by atoms with E-state index in [0.29, 0.717) is 5.56 Å². The van der Waals surface area contributed by atoms with Crippen LogP contribution in [0, 0.1) is 5.82 Å². The number of hydrogen-bond acceptors (Lipinski definition) is 2. The Kier molecular flexibility index (Phi) is 2.94. The predicted octanol–water partition coefficient (Wildman–Crippen LogP) is 2.26. The monoisotopic (exact) mass is 239 g/mol. The van der Waals surface area contributed by atoms with E-state index in [9.17, 15) is 4.39 Å². The molecule has 5 heteroatoms. The van der Waals surface area contributed by atoms with Gasteiger partial charge < -0.3 is 5.73 Å². The fourth-order valence-corrected chi connectivity index (χ4v) is 1.68. The Bertz CT molecular complexity index is 510. The van der Waals surface area contributed by atoms with Gasteiger partial charge in [-0.2, -0.15) is 5.10 Å². The molecular weight excluding hydrogens is 229 g/mol. The van der Waals surface area contributed by atoms with Crippen LogP contribution < -0.4 is 5.73 Å². The number of benzene rings is 1. The van der Waals surface area contributed by atoms with Crippen molar-refractivity contribution in [3.63, 3.8) is 0 Å². The van der Waals surface area contributed by atoms with Crippen LogP contribution in [0.15, 0.2) is 30.5 Å². The van der Waals surface area contributed by atoms with Crippen LogP contribution in [-0.2, 0) is 7.05 Å². The number of nitrogens with two attached hydrogens (primary N) is 1. The van der Waals surface area contributed by atoms with Crippen LogP contribution in [0.4, 0.5) is 4.39 Å². The lowest BCUT2D eigenvalue weighted by atomic mass is 10.0. The molecule has 2 N–H and O–H groups in total. The number of aromatic nitrogens is 2. The van der Waals surface area contributed by atoms with Gasteiger partial charge in [0.1, 0.15) is 5.82 Å². The Morgan fingerprint density at radius 1 is 1.44 bits per heavy atom. The van der Waals surface area contributed by atoms with Gasteiger partial charge in [0.25, 0.3) is 0 Å². The second-order valence-corrected chi connectivity index (χ2v) is 3.94. The summed E-state index contributed by atoms with van der Waals surface area (Å²) in [6.45, 7) is 0. The average molecular weight is 240 g/mol. The summed E-state index contributed by atoms with van der Waals surface area (Å²) in [6.07, 6.45) is 1.65. The molecule has 0 saturated heterocycles. The third-order valence-electron chi connectivity index (χ3n) is 2.48. The Balaban J connectivity index is 2.38. The minimum Gasteiger partial charge on any atom is -0.319 e. The molecule has 0 saturated carbocycles. The van der Waals surface area contributed by atoms with Crippen molar-refractivity contribution in [1.82, 2.24) is 9.78 Å². The van der Waals surface area contributed by atoms with Gasteiger partial charge in [-0.3, -0.25) is 4.68 Å². The molecule has 1 heterocycles. The molecule has 0 radical (unpaired) electrons. The van der Waals surface area contributed by atoms with Crippen molar-refractivity contribution in [2.24, 2.45) is 12.8 Å². The first-order valence-corrected chi connectivity index (χ1v) is 5.16. The lowest BCUT2D eigenvalue weighted by molar-refractivity contribution is 0.619. The predicted molar refractivity (Wildman–Crippen MR) is 60.6 cm³/mol. The lowest BCUT2D eigenvalue weighted by Crippen LogP contribution is -2.16. The lowest BCUT2D eigenvalue weighted by Gasteiger charge is -2.12. The summed E-state index contributed by atoms with van der Waals surface area (Å²) in [5.41, 5.74) is 7.50. The van der Waals surface area contributed by atoms with E-state index >= 15 is 0 Å². The first-order chi connectivity index (χ1) is 7.59. The number of hydrogen-bond donors (Lipinski definition) is 1. The van der Waals surface area contributed by atoms with Crippen LogP contribution in [-0.4, -0.2) is 9.78 Å². The van der Waals surface area contributed by atoms with Crippen LogP contribution in [0.3, 0.4) is 0 Å². The summed E-state index contributed by atoms with van der Waals surface area (Å²) >= 11 is 5.61. The molecule has 1 aromatic heterocycles. The molecule has 2 aromatic rings. The van der Waals surface area contributed by atoms with Gasteiger partial charge >= 0.3 is 0 Å². The highest BCUT2D eigenvalue weighted by Gasteiger charge is 2.13. The van der Waals surface area contributed by atoms with Gasteiger partial charge in [0.15, 0.2) is 0 Å². The van der Waals surface area contributed by atoms with E-state index in [2.05, 4.69) is 5.10 Å². The molecule has 1 aromatic carbocycles. The minimum absolute atomic E-state index is 0.0981. The number of halogens is 2. The Hall–Kier alpha value is -1.39. The summed E-state index contributed by atoms with van der Waals surface area (Å²) in [5.74, 6) is -0.461. The normalized spacial score (nSPS) is 12.8. The van der Waals surface area contributed by atoms with E-state index in [-0.39, 0.29) is 5.02 Å². The quantitative estimate of drug-likeness (QED) is 0.874. The van der Waals surface area contributed by atoms with Crippen molar-refractivity contribution in [3.05, 3.63) is 52.6 Å². The van der Waals surface area contributed by atoms with Crippen molar-refractivity contribution in [3.8, 4) is 0 Å². The standard InChI is InChI=1S/C11H11ClFN3/c1-16-10(4-5-15-16)11(14)7-2-3-8(12)9(13)6-7/h2-6,11H,14H2,1H3. The van der Waals surface area contributed by atoms with Crippen LogP contribution in [0.25, 0.3) is 0 Å². The van der Waals surface area contributed by atoms with Crippen molar-refractivity contribution in [1.29, 1.82) is 0 Å². The van der Waals surface area contributed by atoms with E-state index in [1.807, 2.05) is 0 Å². The molecular formula is C11H11ClFN3. The maximum Gasteiger partial charge on any atom is 0.142 e. The third kappa shape index (κ3) is 1.94. The van der Waals surface area contributed by atoms with Crippen LogP contribution >= 0.6 is 11.6 Å².